The van der Waals surface area contributed by atoms with Gasteiger partial charge in [-0.05, 0) is 51.3 Å². The number of nitrogens with one attached hydrogen (secondary N) is 1. The van der Waals surface area contributed by atoms with Crippen LogP contribution in [0.5, 0.6) is 0 Å². The molecule has 1 unspecified atom stereocenters. The van der Waals surface area contributed by atoms with E-state index in [1.165, 1.54) is 11.1 Å². The summed E-state index contributed by atoms with van der Waals surface area (Å²) in [7, 11) is 0. The Morgan fingerprint density at radius 1 is 1.11 bits per heavy atom. The minimum absolute atomic E-state index is 0.337. The zero-order chi connectivity index (χ0) is 13.4. The second-order valence-corrected chi connectivity index (χ2v) is 5.04. The van der Waals surface area contributed by atoms with Gasteiger partial charge >= 0.3 is 0 Å². The molecule has 1 atom stereocenters. The van der Waals surface area contributed by atoms with Crippen molar-refractivity contribution in [2.24, 2.45) is 0 Å². The molecule has 102 valence electrons. The van der Waals surface area contributed by atoms with Crippen molar-refractivity contribution in [1.82, 2.24) is 5.32 Å². The van der Waals surface area contributed by atoms with Gasteiger partial charge in [0.25, 0.3) is 0 Å². The van der Waals surface area contributed by atoms with Gasteiger partial charge in [0.15, 0.2) is 0 Å². The number of benzene rings is 1. The minimum atomic E-state index is 0.337. The molecule has 0 heterocycles. The molecule has 1 rings (SSSR count). The van der Waals surface area contributed by atoms with Gasteiger partial charge in [0.2, 0.25) is 0 Å². The molecule has 18 heavy (non-hydrogen) atoms. The van der Waals surface area contributed by atoms with Gasteiger partial charge in [0.1, 0.15) is 0 Å². The molecule has 0 aliphatic heterocycles. The third-order valence-electron chi connectivity index (χ3n) is 3.11. The van der Waals surface area contributed by atoms with Crippen molar-refractivity contribution < 1.29 is 4.74 Å². The lowest BCUT2D eigenvalue weighted by Crippen LogP contribution is -2.21. The van der Waals surface area contributed by atoms with Crippen LogP contribution < -0.4 is 5.32 Å². The highest BCUT2D eigenvalue weighted by molar-refractivity contribution is 5.24. The van der Waals surface area contributed by atoms with Crippen molar-refractivity contribution in [2.75, 3.05) is 13.2 Å². The first kappa shape index (κ1) is 15.2. The predicted molar refractivity (Wildman–Crippen MR) is 77.9 cm³/mol. The van der Waals surface area contributed by atoms with Gasteiger partial charge in [-0.1, -0.05) is 31.2 Å². The molecule has 0 fully saturated rings. The summed E-state index contributed by atoms with van der Waals surface area (Å²) in [6.45, 7) is 10.4. The topological polar surface area (TPSA) is 21.3 Å². The number of aryl methyl sites for hydroxylation is 1. The molecule has 2 heteroatoms. The van der Waals surface area contributed by atoms with Crippen LogP contribution in [0.25, 0.3) is 0 Å². The fraction of sp³-hybridized carbons (Fsp3) is 0.625. The summed E-state index contributed by atoms with van der Waals surface area (Å²) >= 11 is 0. The average Bonchev–Trinajstić information content (AvgIpc) is 2.38. The molecule has 0 aliphatic carbocycles. The Kier molecular flexibility index (Phi) is 6.99. The largest absolute Gasteiger partial charge is 0.379 e. The number of hydrogen-bond donors (Lipinski definition) is 1. The average molecular weight is 249 g/mol. The molecule has 0 spiro atoms. The zero-order valence-electron chi connectivity index (χ0n) is 12.2. The summed E-state index contributed by atoms with van der Waals surface area (Å²) in [5.41, 5.74) is 2.76. The molecule has 1 aromatic carbocycles. The lowest BCUT2D eigenvalue weighted by Gasteiger charge is -2.15. The van der Waals surface area contributed by atoms with Crippen LogP contribution in [0.3, 0.4) is 0 Å². The number of ether oxygens (including phenoxy) is 1. The van der Waals surface area contributed by atoms with E-state index >= 15 is 0 Å². The van der Waals surface area contributed by atoms with Crippen LogP contribution in [0.15, 0.2) is 24.3 Å². The summed E-state index contributed by atoms with van der Waals surface area (Å²) < 4.78 is 5.52. The number of rotatable bonds is 8. The molecule has 0 saturated carbocycles. The molecule has 1 aromatic rings. The molecule has 0 saturated heterocycles. The fourth-order valence-corrected chi connectivity index (χ4v) is 1.87. The van der Waals surface area contributed by atoms with Crippen LogP contribution in [0.1, 0.15) is 51.3 Å². The van der Waals surface area contributed by atoms with E-state index < -0.39 is 0 Å². The van der Waals surface area contributed by atoms with Crippen LogP contribution in [-0.4, -0.2) is 19.3 Å². The van der Waals surface area contributed by atoms with Crippen molar-refractivity contribution in [3.63, 3.8) is 0 Å². The Labute approximate surface area is 112 Å². The highest BCUT2D eigenvalue weighted by atomic mass is 16.5. The highest BCUT2D eigenvalue weighted by Crippen LogP contribution is 2.13. The van der Waals surface area contributed by atoms with Crippen LogP contribution >= 0.6 is 0 Å². The normalized spacial score (nSPS) is 12.9. The van der Waals surface area contributed by atoms with E-state index in [4.69, 9.17) is 4.74 Å². The SMILES string of the molecule is CCc1ccc(C(C)NCCCOC(C)C)cc1. The fourth-order valence-electron chi connectivity index (χ4n) is 1.87. The highest BCUT2D eigenvalue weighted by Gasteiger charge is 2.04. The monoisotopic (exact) mass is 249 g/mol. The van der Waals surface area contributed by atoms with Gasteiger partial charge < -0.3 is 10.1 Å². The molecule has 0 aromatic heterocycles. The van der Waals surface area contributed by atoms with E-state index in [9.17, 15) is 0 Å². The Morgan fingerprint density at radius 2 is 1.78 bits per heavy atom. The van der Waals surface area contributed by atoms with Gasteiger partial charge in [-0.25, -0.2) is 0 Å². The van der Waals surface area contributed by atoms with Gasteiger partial charge in [-0.15, -0.1) is 0 Å². The Bertz CT molecular complexity index is 318. The van der Waals surface area contributed by atoms with Gasteiger partial charge in [-0.3, -0.25) is 0 Å². The van der Waals surface area contributed by atoms with E-state index in [0.717, 1.165) is 26.0 Å². The van der Waals surface area contributed by atoms with E-state index in [-0.39, 0.29) is 0 Å². The first-order valence-electron chi connectivity index (χ1n) is 7.07. The summed E-state index contributed by atoms with van der Waals surface area (Å²) in [5.74, 6) is 0. The maximum absolute atomic E-state index is 5.52. The van der Waals surface area contributed by atoms with Crippen LogP contribution in [-0.2, 0) is 11.2 Å². The molecule has 1 N–H and O–H groups in total. The van der Waals surface area contributed by atoms with Gasteiger partial charge in [0, 0.05) is 12.6 Å². The second-order valence-electron chi connectivity index (χ2n) is 5.04. The Hall–Kier alpha value is -0.860. The molecular weight excluding hydrogens is 222 g/mol. The smallest absolute Gasteiger partial charge is 0.0518 e. The molecule has 0 amide bonds. The van der Waals surface area contributed by atoms with E-state index in [1.54, 1.807) is 0 Å². The minimum Gasteiger partial charge on any atom is -0.379 e. The standard InChI is InChI=1S/C16H27NO/c1-5-15-7-9-16(10-8-15)14(4)17-11-6-12-18-13(2)3/h7-10,13-14,17H,5-6,11-12H2,1-4H3. The first-order valence-corrected chi connectivity index (χ1v) is 7.07. The molecule has 0 radical (unpaired) electrons. The number of hydrogen-bond acceptors (Lipinski definition) is 2. The van der Waals surface area contributed by atoms with Crippen LogP contribution in [0, 0.1) is 0 Å². The molecule has 0 aliphatic rings. The molecular formula is C16H27NO. The van der Waals surface area contributed by atoms with E-state index in [1.807, 2.05) is 0 Å². The first-order chi connectivity index (χ1) is 8.63. The quantitative estimate of drug-likeness (QED) is 0.709. The van der Waals surface area contributed by atoms with Crippen molar-refractivity contribution in [3.05, 3.63) is 35.4 Å². The maximum Gasteiger partial charge on any atom is 0.0518 e. The van der Waals surface area contributed by atoms with Crippen molar-refractivity contribution in [2.45, 2.75) is 52.7 Å². The Balaban J connectivity index is 2.25. The van der Waals surface area contributed by atoms with Crippen LogP contribution in [0.2, 0.25) is 0 Å². The third-order valence-corrected chi connectivity index (χ3v) is 3.11. The zero-order valence-corrected chi connectivity index (χ0v) is 12.2. The Morgan fingerprint density at radius 3 is 2.33 bits per heavy atom. The van der Waals surface area contributed by atoms with Crippen molar-refractivity contribution in [1.29, 1.82) is 0 Å². The summed E-state index contributed by atoms with van der Waals surface area (Å²) in [6.07, 6.45) is 2.51. The van der Waals surface area contributed by atoms with Crippen molar-refractivity contribution >= 4 is 0 Å². The van der Waals surface area contributed by atoms with E-state index in [0.29, 0.717) is 12.1 Å². The van der Waals surface area contributed by atoms with Gasteiger partial charge in [-0.2, -0.15) is 0 Å². The molecule has 2 nitrogen and oxygen atoms in total. The summed E-state index contributed by atoms with van der Waals surface area (Å²) in [5, 5.41) is 3.53. The van der Waals surface area contributed by atoms with Crippen molar-refractivity contribution in [3.8, 4) is 0 Å². The lowest BCUT2D eigenvalue weighted by molar-refractivity contribution is 0.0768. The lowest BCUT2D eigenvalue weighted by atomic mass is 10.1. The predicted octanol–water partition coefficient (Wildman–Crippen LogP) is 3.71. The maximum atomic E-state index is 5.52. The third kappa shape index (κ3) is 5.65. The van der Waals surface area contributed by atoms with Crippen LogP contribution in [0.4, 0.5) is 0 Å². The molecule has 0 bridgehead atoms. The van der Waals surface area contributed by atoms with E-state index in [2.05, 4.69) is 57.3 Å². The van der Waals surface area contributed by atoms with Gasteiger partial charge in [0.05, 0.1) is 6.10 Å². The summed E-state index contributed by atoms with van der Waals surface area (Å²) in [6, 6.07) is 9.29. The second kappa shape index (κ2) is 8.28. The summed E-state index contributed by atoms with van der Waals surface area (Å²) in [4.78, 5) is 0.